The van der Waals surface area contributed by atoms with E-state index in [9.17, 15) is 8.78 Å². The van der Waals surface area contributed by atoms with Crippen LogP contribution in [0.25, 0.3) is 0 Å². The molecule has 1 atom stereocenters. The van der Waals surface area contributed by atoms with Crippen molar-refractivity contribution in [3.8, 4) is 0 Å². The van der Waals surface area contributed by atoms with Crippen molar-refractivity contribution in [2.45, 2.75) is 26.8 Å². The first-order chi connectivity index (χ1) is 6.73. The molecule has 0 bridgehead atoms. The van der Waals surface area contributed by atoms with Gasteiger partial charge in [-0.3, -0.25) is 0 Å². The highest BCUT2D eigenvalue weighted by atomic mass is 35.5. The van der Waals surface area contributed by atoms with E-state index < -0.39 is 23.1 Å². The van der Waals surface area contributed by atoms with Crippen LogP contribution in [0.5, 0.6) is 0 Å². The van der Waals surface area contributed by atoms with Gasteiger partial charge in [-0.2, -0.15) is 0 Å². The van der Waals surface area contributed by atoms with Crippen LogP contribution in [-0.2, 0) is 0 Å². The third-order valence-corrected chi connectivity index (χ3v) is 2.51. The predicted octanol–water partition coefficient (Wildman–Crippen LogP) is 4.09. The van der Waals surface area contributed by atoms with Crippen LogP contribution in [0.2, 0.25) is 5.02 Å². The van der Waals surface area contributed by atoms with Crippen molar-refractivity contribution in [1.82, 2.24) is 0 Å². The standard InChI is InChI=1S/C11H14ClF2N.ClH/c1-11(2,3)10(15)9-7(13)4-6(12)5-8(9)14;/h4-5,10H,15H2,1-3H3;1H/t10-;/m1./s1. The zero-order chi connectivity index (χ0) is 11.8. The largest absolute Gasteiger partial charge is 0.323 e. The molecule has 1 aromatic carbocycles. The third kappa shape index (κ3) is 3.30. The maximum Gasteiger partial charge on any atom is 0.132 e. The molecule has 0 aliphatic rings. The van der Waals surface area contributed by atoms with Gasteiger partial charge in [-0.25, -0.2) is 8.78 Å². The van der Waals surface area contributed by atoms with Gasteiger partial charge in [0.25, 0.3) is 0 Å². The van der Waals surface area contributed by atoms with E-state index in [1.807, 2.05) is 20.8 Å². The first-order valence-electron chi connectivity index (χ1n) is 4.63. The number of nitrogens with two attached hydrogens (primary N) is 1. The molecule has 0 amide bonds. The molecule has 0 aliphatic heterocycles. The van der Waals surface area contributed by atoms with Crippen molar-refractivity contribution in [3.05, 3.63) is 34.4 Å². The number of benzene rings is 1. The highest BCUT2D eigenvalue weighted by molar-refractivity contribution is 6.30. The monoisotopic (exact) mass is 269 g/mol. The van der Waals surface area contributed by atoms with E-state index in [1.54, 1.807) is 0 Å². The maximum atomic E-state index is 13.5. The van der Waals surface area contributed by atoms with Crippen LogP contribution in [0, 0.1) is 17.0 Å². The molecular formula is C11H15Cl2F2N. The Kier molecular flexibility index (Phi) is 5.17. The summed E-state index contributed by atoms with van der Waals surface area (Å²) in [6, 6.07) is 1.45. The lowest BCUT2D eigenvalue weighted by Gasteiger charge is -2.28. The van der Waals surface area contributed by atoms with E-state index in [-0.39, 0.29) is 23.0 Å². The molecule has 2 N–H and O–H groups in total. The van der Waals surface area contributed by atoms with Gasteiger partial charge < -0.3 is 5.73 Å². The van der Waals surface area contributed by atoms with Crippen LogP contribution in [-0.4, -0.2) is 0 Å². The number of hydrogen-bond acceptors (Lipinski definition) is 1. The second kappa shape index (κ2) is 5.30. The average Bonchev–Trinajstić information content (AvgIpc) is 1.99. The van der Waals surface area contributed by atoms with Crippen LogP contribution in [0.1, 0.15) is 32.4 Å². The van der Waals surface area contributed by atoms with Gasteiger partial charge in [-0.15, -0.1) is 12.4 Å². The van der Waals surface area contributed by atoms with E-state index in [0.29, 0.717) is 0 Å². The summed E-state index contributed by atoms with van der Waals surface area (Å²) >= 11 is 5.52. The highest BCUT2D eigenvalue weighted by Crippen LogP contribution is 2.34. The minimum atomic E-state index is -0.699. The molecule has 0 saturated heterocycles. The van der Waals surface area contributed by atoms with Gasteiger partial charge in [0.2, 0.25) is 0 Å². The van der Waals surface area contributed by atoms with Gasteiger partial charge in [-0.1, -0.05) is 32.4 Å². The molecule has 1 rings (SSSR count). The molecular weight excluding hydrogens is 255 g/mol. The second-order valence-corrected chi connectivity index (χ2v) is 5.06. The quantitative estimate of drug-likeness (QED) is 0.817. The molecule has 0 fully saturated rings. The third-order valence-electron chi connectivity index (χ3n) is 2.29. The molecule has 1 aromatic rings. The lowest BCUT2D eigenvalue weighted by molar-refractivity contribution is 0.310. The van der Waals surface area contributed by atoms with Gasteiger partial charge in [0.1, 0.15) is 11.6 Å². The highest BCUT2D eigenvalue weighted by Gasteiger charge is 2.27. The molecule has 0 heterocycles. The summed E-state index contributed by atoms with van der Waals surface area (Å²) in [6.07, 6.45) is 0. The fraction of sp³-hybridized carbons (Fsp3) is 0.455. The normalized spacial score (nSPS) is 13.2. The van der Waals surface area contributed by atoms with Gasteiger partial charge in [0, 0.05) is 16.6 Å². The Hall–Kier alpha value is -0.380. The summed E-state index contributed by atoms with van der Waals surface area (Å²) < 4.78 is 27.0. The van der Waals surface area contributed by atoms with Gasteiger partial charge in [-0.05, 0) is 17.5 Å². The average molecular weight is 270 g/mol. The van der Waals surface area contributed by atoms with Crippen LogP contribution < -0.4 is 5.73 Å². The van der Waals surface area contributed by atoms with Gasteiger partial charge >= 0.3 is 0 Å². The van der Waals surface area contributed by atoms with E-state index >= 15 is 0 Å². The molecule has 0 saturated carbocycles. The van der Waals surface area contributed by atoms with E-state index in [1.165, 1.54) is 0 Å². The van der Waals surface area contributed by atoms with Crippen molar-refractivity contribution in [3.63, 3.8) is 0 Å². The summed E-state index contributed by atoms with van der Waals surface area (Å²) in [6.45, 7) is 5.47. The summed E-state index contributed by atoms with van der Waals surface area (Å²) in [4.78, 5) is 0. The summed E-state index contributed by atoms with van der Waals surface area (Å²) in [5, 5.41) is 0.0369. The van der Waals surface area contributed by atoms with Gasteiger partial charge in [0.15, 0.2) is 0 Å². The fourth-order valence-electron chi connectivity index (χ4n) is 1.28. The molecule has 0 aromatic heterocycles. The van der Waals surface area contributed by atoms with Gasteiger partial charge in [0.05, 0.1) is 0 Å². The molecule has 16 heavy (non-hydrogen) atoms. The summed E-state index contributed by atoms with van der Waals surface area (Å²) in [5.74, 6) is -1.38. The smallest absolute Gasteiger partial charge is 0.132 e. The molecule has 0 radical (unpaired) electrons. The molecule has 5 heteroatoms. The lowest BCUT2D eigenvalue weighted by Crippen LogP contribution is -2.28. The Labute approximate surface area is 105 Å². The Morgan fingerprint density at radius 1 is 1.19 bits per heavy atom. The minimum Gasteiger partial charge on any atom is -0.323 e. The van der Waals surface area contributed by atoms with E-state index in [4.69, 9.17) is 17.3 Å². The van der Waals surface area contributed by atoms with E-state index in [0.717, 1.165) is 12.1 Å². The van der Waals surface area contributed by atoms with Crippen molar-refractivity contribution in [1.29, 1.82) is 0 Å². The topological polar surface area (TPSA) is 26.0 Å². The molecule has 1 nitrogen and oxygen atoms in total. The van der Waals surface area contributed by atoms with Crippen molar-refractivity contribution in [2.75, 3.05) is 0 Å². The van der Waals surface area contributed by atoms with Crippen molar-refractivity contribution >= 4 is 24.0 Å². The number of hydrogen-bond donors (Lipinski definition) is 1. The zero-order valence-electron chi connectivity index (χ0n) is 9.35. The van der Waals surface area contributed by atoms with Crippen molar-refractivity contribution in [2.24, 2.45) is 11.1 Å². The first kappa shape index (κ1) is 15.6. The minimum absolute atomic E-state index is 0. The SMILES string of the molecule is CC(C)(C)[C@H](N)c1c(F)cc(Cl)cc1F.Cl. The van der Waals surface area contributed by atoms with Crippen LogP contribution in [0.3, 0.4) is 0 Å². The number of halogens is 4. The van der Waals surface area contributed by atoms with Crippen LogP contribution in [0.15, 0.2) is 12.1 Å². The molecule has 0 aliphatic carbocycles. The predicted molar refractivity (Wildman–Crippen MR) is 65.0 cm³/mol. The number of rotatable bonds is 1. The summed E-state index contributed by atoms with van der Waals surface area (Å²) in [7, 11) is 0. The zero-order valence-corrected chi connectivity index (χ0v) is 10.9. The van der Waals surface area contributed by atoms with Crippen LogP contribution >= 0.6 is 24.0 Å². The second-order valence-electron chi connectivity index (χ2n) is 4.63. The molecule has 0 unspecified atom stereocenters. The Balaban J connectivity index is 0.00000225. The molecule has 92 valence electrons. The fourth-order valence-corrected chi connectivity index (χ4v) is 1.48. The lowest BCUT2D eigenvalue weighted by atomic mass is 9.82. The van der Waals surface area contributed by atoms with Crippen LogP contribution in [0.4, 0.5) is 8.78 Å². The van der Waals surface area contributed by atoms with Crippen molar-refractivity contribution < 1.29 is 8.78 Å². The maximum absolute atomic E-state index is 13.5. The molecule has 0 spiro atoms. The van der Waals surface area contributed by atoms with E-state index in [2.05, 4.69) is 0 Å². The Morgan fingerprint density at radius 2 is 1.56 bits per heavy atom. The Bertz CT molecular complexity index is 352. The summed E-state index contributed by atoms with van der Waals surface area (Å²) in [5.41, 5.74) is 5.29. The Morgan fingerprint density at radius 3 is 1.88 bits per heavy atom. The first-order valence-corrected chi connectivity index (χ1v) is 5.01.